The van der Waals surface area contributed by atoms with Gasteiger partial charge in [0.25, 0.3) is 5.56 Å². The SMILES string of the molecule is CCC(C)n1c(-c2ccccc2C)nc2nccnc2c1=O. The van der Waals surface area contributed by atoms with Crippen LogP contribution in [-0.2, 0) is 0 Å². The molecule has 1 unspecified atom stereocenters. The minimum atomic E-state index is -0.134. The molecule has 0 fully saturated rings. The van der Waals surface area contributed by atoms with Crippen LogP contribution in [-0.4, -0.2) is 19.5 Å². The summed E-state index contributed by atoms with van der Waals surface area (Å²) in [5.74, 6) is 0.658. The van der Waals surface area contributed by atoms with Gasteiger partial charge in [-0.3, -0.25) is 9.36 Å². The molecule has 0 aliphatic carbocycles. The molecule has 0 spiro atoms. The van der Waals surface area contributed by atoms with E-state index < -0.39 is 0 Å². The number of hydrogen-bond donors (Lipinski definition) is 0. The zero-order valence-corrected chi connectivity index (χ0v) is 12.9. The van der Waals surface area contributed by atoms with E-state index in [9.17, 15) is 4.79 Å². The minimum Gasteiger partial charge on any atom is -0.288 e. The molecular weight excluding hydrogens is 276 g/mol. The summed E-state index contributed by atoms with van der Waals surface area (Å²) in [6.07, 6.45) is 3.93. The summed E-state index contributed by atoms with van der Waals surface area (Å²) in [5.41, 5.74) is 2.61. The number of aryl methyl sites for hydroxylation is 1. The molecular formula is C17H18N4O. The zero-order chi connectivity index (χ0) is 15.7. The van der Waals surface area contributed by atoms with Crippen molar-refractivity contribution in [1.82, 2.24) is 19.5 Å². The molecule has 112 valence electrons. The van der Waals surface area contributed by atoms with Gasteiger partial charge in [0, 0.05) is 24.0 Å². The van der Waals surface area contributed by atoms with E-state index in [2.05, 4.69) is 21.9 Å². The Kier molecular flexibility index (Phi) is 3.71. The monoisotopic (exact) mass is 294 g/mol. The molecule has 1 atom stereocenters. The molecule has 0 saturated carbocycles. The Morgan fingerprint density at radius 1 is 1.18 bits per heavy atom. The van der Waals surface area contributed by atoms with Gasteiger partial charge in [0.1, 0.15) is 5.82 Å². The summed E-state index contributed by atoms with van der Waals surface area (Å²) in [6, 6.07) is 7.98. The van der Waals surface area contributed by atoms with Crippen LogP contribution in [0.4, 0.5) is 0 Å². The highest BCUT2D eigenvalue weighted by Crippen LogP contribution is 2.24. The van der Waals surface area contributed by atoms with Crippen LogP contribution in [0.2, 0.25) is 0 Å². The lowest BCUT2D eigenvalue weighted by molar-refractivity contribution is 0.516. The average Bonchev–Trinajstić information content (AvgIpc) is 2.54. The average molecular weight is 294 g/mol. The van der Waals surface area contributed by atoms with Crippen molar-refractivity contribution in [2.75, 3.05) is 0 Å². The lowest BCUT2D eigenvalue weighted by Gasteiger charge is -2.19. The second kappa shape index (κ2) is 5.67. The maximum absolute atomic E-state index is 12.9. The first-order chi connectivity index (χ1) is 10.6. The van der Waals surface area contributed by atoms with Crippen LogP contribution in [0.1, 0.15) is 31.9 Å². The molecule has 5 nitrogen and oxygen atoms in total. The highest BCUT2D eigenvalue weighted by molar-refractivity contribution is 5.72. The summed E-state index contributed by atoms with van der Waals surface area (Å²) < 4.78 is 1.74. The van der Waals surface area contributed by atoms with Gasteiger partial charge in [-0.05, 0) is 25.8 Å². The molecule has 3 aromatic rings. The Hall–Kier alpha value is -2.56. The molecule has 0 N–H and O–H groups in total. The summed E-state index contributed by atoms with van der Waals surface area (Å²) in [6.45, 7) is 6.09. The Morgan fingerprint density at radius 3 is 2.64 bits per heavy atom. The molecule has 0 bridgehead atoms. The molecule has 1 aromatic carbocycles. The van der Waals surface area contributed by atoms with Gasteiger partial charge in [-0.15, -0.1) is 0 Å². The summed E-state index contributed by atoms with van der Waals surface area (Å²) >= 11 is 0. The van der Waals surface area contributed by atoms with Gasteiger partial charge in [0.15, 0.2) is 11.2 Å². The van der Waals surface area contributed by atoms with E-state index in [1.54, 1.807) is 10.8 Å². The topological polar surface area (TPSA) is 60.7 Å². The van der Waals surface area contributed by atoms with Crippen molar-refractivity contribution < 1.29 is 0 Å². The quantitative estimate of drug-likeness (QED) is 0.744. The van der Waals surface area contributed by atoms with Crippen LogP contribution in [0.3, 0.4) is 0 Å². The molecule has 2 aromatic heterocycles. The van der Waals surface area contributed by atoms with Crippen molar-refractivity contribution in [2.24, 2.45) is 0 Å². The van der Waals surface area contributed by atoms with E-state index in [0.29, 0.717) is 17.0 Å². The molecule has 5 heteroatoms. The third-order valence-corrected chi connectivity index (χ3v) is 3.96. The third-order valence-electron chi connectivity index (χ3n) is 3.96. The van der Waals surface area contributed by atoms with E-state index in [1.807, 2.05) is 38.1 Å². The number of nitrogens with zero attached hydrogens (tertiary/aromatic N) is 4. The first-order valence-electron chi connectivity index (χ1n) is 7.42. The summed E-state index contributed by atoms with van der Waals surface area (Å²) in [4.78, 5) is 25.8. The van der Waals surface area contributed by atoms with Crippen LogP contribution < -0.4 is 5.56 Å². The van der Waals surface area contributed by atoms with Crippen molar-refractivity contribution in [1.29, 1.82) is 0 Å². The normalized spacial score (nSPS) is 12.5. The second-order valence-electron chi connectivity index (χ2n) is 5.41. The third kappa shape index (κ3) is 2.28. The van der Waals surface area contributed by atoms with Crippen LogP contribution in [0, 0.1) is 6.92 Å². The highest BCUT2D eigenvalue weighted by Gasteiger charge is 2.18. The van der Waals surface area contributed by atoms with Crippen molar-refractivity contribution in [3.8, 4) is 11.4 Å². The van der Waals surface area contributed by atoms with Gasteiger partial charge in [-0.25, -0.2) is 15.0 Å². The van der Waals surface area contributed by atoms with Gasteiger partial charge in [0.05, 0.1) is 0 Å². The van der Waals surface area contributed by atoms with Gasteiger partial charge in [-0.1, -0.05) is 31.2 Å². The van der Waals surface area contributed by atoms with Crippen molar-refractivity contribution in [3.05, 3.63) is 52.6 Å². The molecule has 0 aliphatic rings. The molecule has 22 heavy (non-hydrogen) atoms. The zero-order valence-electron chi connectivity index (χ0n) is 12.9. The fraction of sp³-hybridized carbons (Fsp3) is 0.294. The standard InChI is InChI=1S/C17H18N4O/c1-4-12(3)21-16(13-8-6-5-7-11(13)2)20-15-14(17(21)22)18-9-10-19-15/h5-10,12H,4H2,1-3H3. The predicted molar refractivity (Wildman–Crippen MR) is 86.8 cm³/mol. The van der Waals surface area contributed by atoms with Crippen LogP contribution in [0.15, 0.2) is 41.5 Å². The Bertz CT molecular complexity index is 885. The predicted octanol–water partition coefficient (Wildman–Crippen LogP) is 3.13. The number of rotatable bonds is 3. The number of aromatic nitrogens is 4. The maximum Gasteiger partial charge on any atom is 0.282 e. The van der Waals surface area contributed by atoms with E-state index in [-0.39, 0.29) is 11.6 Å². The maximum atomic E-state index is 12.9. The summed E-state index contributed by atoms with van der Waals surface area (Å²) in [5, 5.41) is 0. The Labute approximate surface area is 128 Å². The smallest absolute Gasteiger partial charge is 0.282 e. The first kappa shape index (κ1) is 14.4. The highest BCUT2D eigenvalue weighted by atomic mass is 16.1. The Balaban J connectivity index is 2.42. The van der Waals surface area contributed by atoms with Gasteiger partial charge < -0.3 is 0 Å². The largest absolute Gasteiger partial charge is 0.288 e. The van der Waals surface area contributed by atoms with E-state index >= 15 is 0 Å². The first-order valence-corrected chi connectivity index (χ1v) is 7.42. The Morgan fingerprint density at radius 2 is 1.91 bits per heavy atom. The van der Waals surface area contributed by atoms with Gasteiger partial charge in [0.2, 0.25) is 0 Å². The van der Waals surface area contributed by atoms with E-state index in [1.165, 1.54) is 6.20 Å². The van der Waals surface area contributed by atoms with Crippen LogP contribution >= 0.6 is 0 Å². The number of benzene rings is 1. The van der Waals surface area contributed by atoms with E-state index in [0.717, 1.165) is 17.5 Å². The molecule has 0 saturated heterocycles. The van der Waals surface area contributed by atoms with Gasteiger partial charge in [-0.2, -0.15) is 0 Å². The van der Waals surface area contributed by atoms with Crippen LogP contribution in [0.25, 0.3) is 22.6 Å². The minimum absolute atomic E-state index is 0.0426. The fourth-order valence-electron chi connectivity index (χ4n) is 2.53. The van der Waals surface area contributed by atoms with E-state index in [4.69, 9.17) is 0 Å². The van der Waals surface area contributed by atoms with Gasteiger partial charge >= 0.3 is 0 Å². The molecule has 0 aliphatic heterocycles. The number of hydrogen-bond acceptors (Lipinski definition) is 4. The van der Waals surface area contributed by atoms with Crippen molar-refractivity contribution in [3.63, 3.8) is 0 Å². The van der Waals surface area contributed by atoms with Crippen molar-refractivity contribution >= 4 is 11.2 Å². The second-order valence-corrected chi connectivity index (χ2v) is 5.41. The lowest BCUT2D eigenvalue weighted by Crippen LogP contribution is -2.27. The van der Waals surface area contributed by atoms with Crippen molar-refractivity contribution in [2.45, 2.75) is 33.2 Å². The molecule has 0 amide bonds. The van der Waals surface area contributed by atoms with Crippen LogP contribution in [0.5, 0.6) is 0 Å². The fourth-order valence-corrected chi connectivity index (χ4v) is 2.53. The summed E-state index contributed by atoms with van der Waals surface area (Å²) in [7, 11) is 0. The molecule has 0 radical (unpaired) electrons. The number of fused-ring (bicyclic) bond motifs is 1. The molecule has 2 heterocycles. The lowest BCUT2D eigenvalue weighted by atomic mass is 10.1. The molecule has 3 rings (SSSR count).